The molecule has 2 aliphatic heterocycles. The van der Waals surface area contributed by atoms with Crippen molar-refractivity contribution < 1.29 is 0 Å². The van der Waals surface area contributed by atoms with Crippen LogP contribution in [0.3, 0.4) is 0 Å². The molecule has 0 aromatic heterocycles. The van der Waals surface area contributed by atoms with E-state index in [1.54, 1.807) is 0 Å². The zero-order valence-electron chi connectivity index (χ0n) is 10.3. The topological polar surface area (TPSA) is 46.4 Å². The van der Waals surface area contributed by atoms with E-state index < -0.39 is 0 Å². The van der Waals surface area contributed by atoms with E-state index in [9.17, 15) is 5.73 Å². The second-order valence-electron chi connectivity index (χ2n) is 5.43. The average molecular weight is 223 g/mol. The molecular weight excluding hydrogens is 198 g/mol. The maximum Gasteiger partial charge on any atom is 0.0928 e. The Morgan fingerprint density at radius 2 is 1.69 bits per heavy atom. The Morgan fingerprint density at radius 1 is 0.938 bits per heavy atom. The fraction of sp³-hybridized carbons (Fsp3) is 1.00. The molecule has 2 fully saturated rings. The maximum absolute atomic E-state index is 9.68. The van der Waals surface area contributed by atoms with Gasteiger partial charge in [0.05, 0.1) is 6.17 Å². The maximum atomic E-state index is 9.68. The molecule has 0 aromatic carbocycles. The minimum atomic E-state index is -0.250. The lowest BCUT2D eigenvalue weighted by Gasteiger charge is -2.25. The van der Waals surface area contributed by atoms with Crippen LogP contribution in [-0.2, 0) is 0 Å². The molecule has 2 radical (unpaired) electrons. The zero-order valence-corrected chi connectivity index (χ0v) is 10.3. The fourth-order valence-electron chi connectivity index (χ4n) is 3.00. The number of nitrogens with one attached hydrogen (secondary N) is 2. The third kappa shape index (κ3) is 4.04. The summed E-state index contributed by atoms with van der Waals surface area (Å²) in [6, 6.07) is 0.562. The quantitative estimate of drug-likeness (QED) is 0.765. The normalized spacial score (nSPS) is 33.6. The summed E-state index contributed by atoms with van der Waals surface area (Å²) in [5.41, 5.74) is 9.68. The van der Waals surface area contributed by atoms with Crippen molar-refractivity contribution in [1.82, 2.24) is 16.4 Å². The monoisotopic (exact) mass is 223 g/mol. The molecule has 2 aliphatic rings. The van der Waals surface area contributed by atoms with E-state index in [2.05, 4.69) is 10.6 Å². The van der Waals surface area contributed by atoms with Gasteiger partial charge in [0, 0.05) is 6.04 Å². The molecule has 0 saturated carbocycles. The molecule has 2 heterocycles. The third-order valence-corrected chi connectivity index (χ3v) is 4.09. The molecule has 16 heavy (non-hydrogen) atoms. The Bertz CT molecular complexity index is 190. The first-order valence-electron chi connectivity index (χ1n) is 6.99. The molecule has 0 bridgehead atoms. The van der Waals surface area contributed by atoms with Gasteiger partial charge in [-0.15, -0.1) is 5.73 Å². The smallest absolute Gasteiger partial charge is 0.0928 e. The van der Waals surface area contributed by atoms with Gasteiger partial charge in [0.25, 0.3) is 0 Å². The lowest BCUT2D eigenvalue weighted by molar-refractivity contribution is 0.313. The van der Waals surface area contributed by atoms with Gasteiger partial charge in [0.1, 0.15) is 0 Å². The Labute approximate surface area is 99.5 Å². The van der Waals surface area contributed by atoms with Crippen LogP contribution in [0.25, 0.3) is 0 Å². The van der Waals surface area contributed by atoms with E-state index in [0.717, 1.165) is 12.3 Å². The summed E-state index contributed by atoms with van der Waals surface area (Å²) in [6.45, 7) is 2.40. The minimum Gasteiger partial charge on any atom is -0.317 e. The summed E-state index contributed by atoms with van der Waals surface area (Å²) >= 11 is 0. The third-order valence-electron chi connectivity index (χ3n) is 4.09. The number of hydrogen-bond donors (Lipinski definition) is 2. The predicted molar refractivity (Wildman–Crippen MR) is 66.1 cm³/mol. The van der Waals surface area contributed by atoms with E-state index >= 15 is 0 Å². The highest BCUT2D eigenvalue weighted by atomic mass is 15.0. The lowest BCUT2D eigenvalue weighted by atomic mass is 9.90. The number of hydrogen-bond acceptors (Lipinski definition) is 2. The van der Waals surface area contributed by atoms with Gasteiger partial charge in [-0.25, -0.2) is 0 Å². The first-order chi connectivity index (χ1) is 7.84. The van der Waals surface area contributed by atoms with Crippen LogP contribution >= 0.6 is 0 Å². The first-order valence-corrected chi connectivity index (χ1v) is 6.99. The highest BCUT2D eigenvalue weighted by Gasteiger charge is 2.19. The average Bonchev–Trinajstić information content (AvgIpc) is 2.52. The Kier molecular flexibility index (Phi) is 5.07. The van der Waals surface area contributed by atoms with Crippen molar-refractivity contribution in [2.75, 3.05) is 13.1 Å². The standard InChI is InChI=1S/C13H25N3/c14-13-4-2-1-3-12(16-13)6-5-11-7-9-15-10-8-11/h11-13,15-16H,1-10H2. The van der Waals surface area contributed by atoms with Crippen LogP contribution in [0.1, 0.15) is 51.4 Å². The molecule has 0 aromatic rings. The predicted octanol–water partition coefficient (Wildman–Crippen LogP) is 1.69. The van der Waals surface area contributed by atoms with Gasteiger partial charge in [0.15, 0.2) is 0 Å². The van der Waals surface area contributed by atoms with Gasteiger partial charge >= 0.3 is 0 Å². The van der Waals surface area contributed by atoms with E-state index in [0.29, 0.717) is 6.04 Å². The first kappa shape index (κ1) is 12.3. The van der Waals surface area contributed by atoms with Gasteiger partial charge in [-0.1, -0.05) is 12.8 Å². The van der Waals surface area contributed by atoms with E-state index in [4.69, 9.17) is 0 Å². The van der Waals surface area contributed by atoms with Gasteiger partial charge in [-0.2, -0.15) is 0 Å². The Hall–Kier alpha value is -0.120. The van der Waals surface area contributed by atoms with Crippen LogP contribution in [0, 0.1) is 5.92 Å². The highest BCUT2D eigenvalue weighted by molar-refractivity contribution is 4.77. The van der Waals surface area contributed by atoms with Crippen LogP contribution in [-0.4, -0.2) is 25.3 Å². The molecule has 2 unspecified atom stereocenters. The van der Waals surface area contributed by atoms with Crippen LogP contribution in [0.4, 0.5) is 0 Å². The molecule has 0 amide bonds. The largest absolute Gasteiger partial charge is 0.317 e. The van der Waals surface area contributed by atoms with Crippen LogP contribution < -0.4 is 16.4 Å². The highest BCUT2D eigenvalue weighted by Crippen LogP contribution is 2.22. The van der Waals surface area contributed by atoms with Crippen molar-refractivity contribution in [2.24, 2.45) is 5.92 Å². The molecule has 92 valence electrons. The molecule has 2 rings (SSSR count). The zero-order chi connectivity index (χ0) is 11.2. The van der Waals surface area contributed by atoms with Gasteiger partial charge in [-0.05, 0) is 57.5 Å². The van der Waals surface area contributed by atoms with Gasteiger partial charge < -0.3 is 5.32 Å². The molecule has 0 aliphatic carbocycles. The molecule has 2 N–H and O–H groups in total. The Morgan fingerprint density at radius 3 is 2.50 bits per heavy atom. The van der Waals surface area contributed by atoms with Crippen molar-refractivity contribution in [1.29, 1.82) is 0 Å². The summed E-state index contributed by atoms with van der Waals surface area (Å²) < 4.78 is 0. The van der Waals surface area contributed by atoms with Crippen LogP contribution in [0.5, 0.6) is 0 Å². The summed E-state index contributed by atoms with van der Waals surface area (Å²) in [7, 11) is 0. The second-order valence-corrected chi connectivity index (χ2v) is 5.43. The SMILES string of the molecule is [N]C1CCCCC(CCC2CCNCC2)N1. The van der Waals surface area contributed by atoms with E-state index in [-0.39, 0.29) is 6.17 Å². The van der Waals surface area contributed by atoms with Crippen molar-refractivity contribution in [2.45, 2.75) is 63.6 Å². The molecule has 3 heteroatoms. The summed E-state index contributed by atoms with van der Waals surface area (Å²) in [4.78, 5) is 0. The molecule has 2 saturated heterocycles. The van der Waals surface area contributed by atoms with Gasteiger partial charge in [0.2, 0.25) is 0 Å². The van der Waals surface area contributed by atoms with Crippen molar-refractivity contribution in [3.8, 4) is 0 Å². The summed E-state index contributed by atoms with van der Waals surface area (Å²) in [6.07, 6.45) is 9.67. The van der Waals surface area contributed by atoms with Crippen LogP contribution in [0.2, 0.25) is 0 Å². The molecule has 2 atom stereocenters. The second kappa shape index (κ2) is 6.58. The van der Waals surface area contributed by atoms with Crippen molar-refractivity contribution in [3.63, 3.8) is 0 Å². The molecular formula is C13H25N3. The summed E-state index contributed by atoms with van der Waals surface area (Å²) in [5, 5.41) is 6.77. The fourth-order valence-corrected chi connectivity index (χ4v) is 3.00. The lowest BCUT2D eigenvalue weighted by Crippen LogP contribution is -2.38. The Balaban J connectivity index is 1.67. The number of nitrogens with zero attached hydrogens (tertiary/aromatic N) is 1. The van der Waals surface area contributed by atoms with Crippen molar-refractivity contribution in [3.05, 3.63) is 0 Å². The minimum absolute atomic E-state index is 0.250. The molecule has 0 spiro atoms. The number of piperidine rings is 1. The van der Waals surface area contributed by atoms with Crippen molar-refractivity contribution >= 4 is 0 Å². The van der Waals surface area contributed by atoms with Gasteiger partial charge in [-0.3, -0.25) is 5.32 Å². The number of rotatable bonds is 3. The van der Waals surface area contributed by atoms with Crippen LogP contribution in [0.15, 0.2) is 0 Å². The summed E-state index contributed by atoms with van der Waals surface area (Å²) in [5.74, 6) is 0.920. The van der Waals surface area contributed by atoms with E-state index in [1.165, 1.54) is 58.0 Å². The van der Waals surface area contributed by atoms with E-state index in [1.807, 2.05) is 0 Å². The molecule has 3 nitrogen and oxygen atoms in total.